The van der Waals surface area contributed by atoms with Crippen LogP contribution in [-0.2, 0) is 11.3 Å². The van der Waals surface area contributed by atoms with Crippen LogP contribution in [0.15, 0.2) is 69.9 Å². The molecule has 0 aliphatic rings. The van der Waals surface area contributed by atoms with Gasteiger partial charge in [-0.05, 0) is 42.0 Å². The third-order valence-corrected chi connectivity index (χ3v) is 4.77. The number of esters is 1. The third-order valence-electron chi connectivity index (χ3n) is 4.77. The highest BCUT2D eigenvalue weighted by Crippen LogP contribution is 2.30. The summed E-state index contributed by atoms with van der Waals surface area (Å²) >= 11 is 0. The molecule has 1 heterocycles. The summed E-state index contributed by atoms with van der Waals surface area (Å²) in [5.74, 6) is 0.468. The Balaban J connectivity index is 1.66. The van der Waals surface area contributed by atoms with Crippen molar-refractivity contribution in [3.05, 3.63) is 82.2 Å². The van der Waals surface area contributed by atoms with Gasteiger partial charge in [0.05, 0.1) is 19.3 Å². The quantitative estimate of drug-likeness (QED) is 0.263. The van der Waals surface area contributed by atoms with Crippen LogP contribution in [0.1, 0.15) is 22.8 Å². The molecule has 0 fully saturated rings. The fourth-order valence-electron chi connectivity index (χ4n) is 3.43. The maximum Gasteiger partial charge on any atom is 0.338 e. The Labute approximate surface area is 172 Å². The van der Waals surface area contributed by atoms with Crippen molar-refractivity contribution < 1.29 is 23.4 Å². The van der Waals surface area contributed by atoms with Crippen molar-refractivity contribution in [2.75, 3.05) is 13.7 Å². The van der Waals surface area contributed by atoms with Gasteiger partial charge in [-0.3, -0.25) is 0 Å². The van der Waals surface area contributed by atoms with E-state index < -0.39 is 11.6 Å². The van der Waals surface area contributed by atoms with Crippen molar-refractivity contribution in [3.63, 3.8) is 0 Å². The number of hydrogen-bond acceptors (Lipinski definition) is 6. The number of ether oxygens (including phenoxy) is 3. The standard InChI is InChI=1S/C24H20O6/c1-3-28-19-10-9-16(12-21(19)27-2)24(26)29-14-17-13-22(25)30-20-11-8-15-6-4-5-7-18(15)23(17)20/h4-13H,3,14H2,1-2H3. The average Bonchev–Trinajstić information content (AvgIpc) is 2.77. The molecule has 4 rings (SSSR count). The zero-order valence-electron chi connectivity index (χ0n) is 16.6. The van der Waals surface area contributed by atoms with Crippen LogP contribution in [0.4, 0.5) is 0 Å². The van der Waals surface area contributed by atoms with Crippen LogP contribution in [-0.4, -0.2) is 19.7 Å². The minimum atomic E-state index is -0.530. The van der Waals surface area contributed by atoms with Gasteiger partial charge in [-0.15, -0.1) is 0 Å². The lowest BCUT2D eigenvalue weighted by molar-refractivity contribution is 0.0473. The van der Waals surface area contributed by atoms with E-state index in [1.54, 1.807) is 24.3 Å². The van der Waals surface area contributed by atoms with Gasteiger partial charge in [-0.2, -0.15) is 0 Å². The van der Waals surface area contributed by atoms with Crippen molar-refractivity contribution in [2.24, 2.45) is 0 Å². The first-order chi connectivity index (χ1) is 14.6. The molecule has 3 aromatic carbocycles. The molecule has 0 bridgehead atoms. The van der Waals surface area contributed by atoms with Gasteiger partial charge >= 0.3 is 11.6 Å². The molecule has 0 aliphatic carbocycles. The molecule has 0 unspecified atom stereocenters. The Morgan fingerprint density at radius 1 is 1.00 bits per heavy atom. The monoisotopic (exact) mass is 404 g/mol. The van der Waals surface area contributed by atoms with Crippen molar-refractivity contribution in [1.82, 2.24) is 0 Å². The number of hydrogen-bond donors (Lipinski definition) is 0. The van der Waals surface area contributed by atoms with Crippen LogP contribution < -0.4 is 15.1 Å². The van der Waals surface area contributed by atoms with Crippen molar-refractivity contribution in [1.29, 1.82) is 0 Å². The van der Waals surface area contributed by atoms with Crippen molar-refractivity contribution >= 4 is 27.7 Å². The van der Waals surface area contributed by atoms with Gasteiger partial charge in [-0.25, -0.2) is 9.59 Å². The molecule has 0 amide bonds. The molecule has 6 heteroatoms. The van der Waals surface area contributed by atoms with E-state index in [2.05, 4.69) is 0 Å². The molecule has 0 aliphatic heterocycles. The normalized spacial score (nSPS) is 10.9. The highest BCUT2D eigenvalue weighted by Gasteiger charge is 2.15. The smallest absolute Gasteiger partial charge is 0.338 e. The van der Waals surface area contributed by atoms with Gasteiger partial charge in [0.1, 0.15) is 12.2 Å². The fraction of sp³-hybridized carbons (Fsp3) is 0.167. The van der Waals surface area contributed by atoms with Crippen LogP contribution in [0.25, 0.3) is 21.7 Å². The summed E-state index contributed by atoms with van der Waals surface area (Å²) in [6.07, 6.45) is 0. The van der Waals surface area contributed by atoms with Gasteiger partial charge in [0.25, 0.3) is 0 Å². The molecule has 6 nitrogen and oxygen atoms in total. The summed E-state index contributed by atoms with van der Waals surface area (Å²) < 4.78 is 21.6. The number of carbonyl (C=O) groups excluding carboxylic acids is 1. The Bertz CT molecular complexity index is 1290. The zero-order valence-corrected chi connectivity index (χ0v) is 16.6. The molecule has 0 atom stereocenters. The third kappa shape index (κ3) is 3.72. The van der Waals surface area contributed by atoms with Crippen LogP contribution in [0, 0.1) is 0 Å². The topological polar surface area (TPSA) is 75.0 Å². The number of methoxy groups -OCH3 is 1. The second kappa shape index (κ2) is 8.29. The summed E-state index contributed by atoms with van der Waals surface area (Å²) in [6, 6.07) is 17.6. The van der Waals surface area contributed by atoms with E-state index in [4.69, 9.17) is 18.6 Å². The highest BCUT2D eigenvalue weighted by atomic mass is 16.5. The molecule has 0 saturated heterocycles. The van der Waals surface area contributed by atoms with Crippen LogP contribution in [0.2, 0.25) is 0 Å². The lowest BCUT2D eigenvalue weighted by Gasteiger charge is -2.12. The average molecular weight is 404 g/mol. The Hall–Kier alpha value is -3.80. The van der Waals surface area contributed by atoms with E-state index in [0.29, 0.717) is 34.8 Å². The molecule has 30 heavy (non-hydrogen) atoms. The van der Waals surface area contributed by atoms with Gasteiger partial charge < -0.3 is 18.6 Å². The molecule has 0 N–H and O–H groups in total. The van der Waals surface area contributed by atoms with Gasteiger partial charge in [0.15, 0.2) is 11.5 Å². The first-order valence-corrected chi connectivity index (χ1v) is 9.53. The second-order valence-corrected chi connectivity index (χ2v) is 6.63. The molecule has 0 radical (unpaired) electrons. The molecule has 4 aromatic rings. The van der Waals surface area contributed by atoms with E-state index in [9.17, 15) is 9.59 Å². The summed E-state index contributed by atoms with van der Waals surface area (Å²) in [5.41, 5.74) is 0.873. The van der Waals surface area contributed by atoms with E-state index in [0.717, 1.165) is 16.2 Å². The van der Waals surface area contributed by atoms with Gasteiger partial charge in [0, 0.05) is 17.0 Å². The number of benzene rings is 3. The van der Waals surface area contributed by atoms with E-state index in [-0.39, 0.29) is 6.61 Å². The molecular formula is C24H20O6. The van der Waals surface area contributed by atoms with Crippen LogP contribution in [0.5, 0.6) is 11.5 Å². The maximum atomic E-state index is 12.6. The lowest BCUT2D eigenvalue weighted by atomic mass is 10.0. The van der Waals surface area contributed by atoms with Crippen LogP contribution >= 0.6 is 0 Å². The summed E-state index contributed by atoms with van der Waals surface area (Å²) in [7, 11) is 1.51. The molecule has 0 saturated carbocycles. The number of carbonyl (C=O) groups is 1. The van der Waals surface area contributed by atoms with Gasteiger partial charge in [-0.1, -0.05) is 30.3 Å². The SMILES string of the molecule is CCOc1ccc(C(=O)OCc2cc(=O)oc3ccc4ccccc4c23)cc1OC. The number of fused-ring (bicyclic) bond motifs is 3. The van der Waals surface area contributed by atoms with Gasteiger partial charge in [0.2, 0.25) is 0 Å². The molecular weight excluding hydrogens is 384 g/mol. The first-order valence-electron chi connectivity index (χ1n) is 9.53. The Morgan fingerprint density at radius 2 is 1.83 bits per heavy atom. The minimum Gasteiger partial charge on any atom is -0.493 e. The highest BCUT2D eigenvalue weighted by molar-refractivity contribution is 6.07. The first kappa shape index (κ1) is 19.5. The summed E-state index contributed by atoms with van der Waals surface area (Å²) in [4.78, 5) is 24.6. The summed E-state index contributed by atoms with van der Waals surface area (Å²) in [6.45, 7) is 2.29. The minimum absolute atomic E-state index is 0.0650. The number of rotatable bonds is 6. The van der Waals surface area contributed by atoms with Crippen molar-refractivity contribution in [2.45, 2.75) is 13.5 Å². The van der Waals surface area contributed by atoms with Crippen molar-refractivity contribution in [3.8, 4) is 11.5 Å². The Kier molecular flexibility index (Phi) is 5.39. The van der Waals surface area contributed by atoms with E-state index >= 15 is 0 Å². The molecule has 152 valence electrons. The summed E-state index contributed by atoms with van der Waals surface area (Å²) in [5, 5.41) is 2.68. The molecule has 0 spiro atoms. The lowest BCUT2D eigenvalue weighted by Crippen LogP contribution is -2.08. The molecule has 1 aromatic heterocycles. The largest absolute Gasteiger partial charge is 0.493 e. The van der Waals surface area contributed by atoms with Crippen LogP contribution in [0.3, 0.4) is 0 Å². The van der Waals surface area contributed by atoms with E-state index in [1.807, 2.05) is 37.3 Å². The predicted octanol–water partition coefficient (Wildman–Crippen LogP) is 4.71. The van der Waals surface area contributed by atoms with E-state index in [1.165, 1.54) is 13.2 Å². The fourth-order valence-corrected chi connectivity index (χ4v) is 3.43. The Morgan fingerprint density at radius 3 is 2.63 bits per heavy atom. The predicted molar refractivity (Wildman–Crippen MR) is 113 cm³/mol. The maximum absolute atomic E-state index is 12.6. The second-order valence-electron chi connectivity index (χ2n) is 6.63. The zero-order chi connectivity index (χ0) is 21.1.